The van der Waals surface area contributed by atoms with Crippen LogP contribution in [0, 0.1) is 0 Å². The molecule has 0 rings (SSSR count). The largest absolute Gasteiger partial charge is 0.480 e. The van der Waals surface area contributed by atoms with E-state index in [1.165, 1.54) is 0 Å². The summed E-state index contributed by atoms with van der Waals surface area (Å²) in [5, 5.41) is 13.7. The molecule has 0 heterocycles. The average Bonchev–Trinajstić information content (AvgIpc) is 2.30. The lowest BCUT2D eigenvalue weighted by Crippen LogP contribution is -2.41. The van der Waals surface area contributed by atoms with Crippen molar-refractivity contribution in [1.82, 2.24) is 10.6 Å². The Kier molecular flexibility index (Phi) is 7.70. The third-order valence-corrected chi connectivity index (χ3v) is 2.08. The van der Waals surface area contributed by atoms with E-state index in [4.69, 9.17) is 10.8 Å². The SMILES string of the molecule is CCC(=O)N[C@@H](CCC(=O)NCCN)C(=O)O. The van der Waals surface area contributed by atoms with Crippen LogP contribution in [0.1, 0.15) is 26.2 Å². The second kappa shape index (κ2) is 8.51. The van der Waals surface area contributed by atoms with Gasteiger partial charge in [0.15, 0.2) is 0 Å². The van der Waals surface area contributed by atoms with Gasteiger partial charge < -0.3 is 21.5 Å². The van der Waals surface area contributed by atoms with Crippen LogP contribution in [0.4, 0.5) is 0 Å². The summed E-state index contributed by atoms with van der Waals surface area (Å²) in [7, 11) is 0. The van der Waals surface area contributed by atoms with E-state index in [1.54, 1.807) is 6.92 Å². The molecule has 0 aliphatic heterocycles. The van der Waals surface area contributed by atoms with Gasteiger partial charge >= 0.3 is 5.97 Å². The van der Waals surface area contributed by atoms with Crippen LogP contribution < -0.4 is 16.4 Å². The van der Waals surface area contributed by atoms with Crippen molar-refractivity contribution in [2.75, 3.05) is 13.1 Å². The summed E-state index contributed by atoms with van der Waals surface area (Å²) in [4.78, 5) is 33.1. The Morgan fingerprint density at radius 2 is 1.94 bits per heavy atom. The number of carbonyl (C=O) groups is 3. The molecule has 17 heavy (non-hydrogen) atoms. The van der Waals surface area contributed by atoms with E-state index in [2.05, 4.69) is 10.6 Å². The zero-order chi connectivity index (χ0) is 13.3. The van der Waals surface area contributed by atoms with Crippen LogP contribution in [0.2, 0.25) is 0 Å². The monoisotopic (exact) mass is 245 g/mol. The number of carboxylic acid groups (broad SMARTS) is 1. The van der Waals surface area contributed by atoms with E-state index in [9.17, 15) is 14.4 Å². The molecule has 0 aliphatic rings. The molecule has 0 spiro atoms. The molecule has 7 heteroatoms. The fourth-order valence-electron chi connectivity index (χ4n) is 1.13. The standard InChI is InChI=1S/C10H19N3O4/c1-2-8(14)13-7(10(16)17)3-4-9(15)12-6-5-11/h7H,2-6,11H2,1H3,(H,12,15)(H,13,14)(H,16,17)/t7-/m0/s1. The molecule has 0 fully saturated rings. The molecule has 7 nitrogen and oxygen atoms in total. The predicted molar refractivity (Wildman–Crippen MR) is 61.2 cm³/mol. The van der Waals surface area contributed by atoms with Gasteiger partial charge in [0.25, 0.3) is 0 Å². The lowest BCUT2D eigenvalue weighted by atomic mass is 10.1. The molecule has 0 radical (unpaired) electrons. The van der Waals surface area contributed by atoms with Crippen molar-refractivity contribution in [3.05, 3.63) is 0 Å². The summed E-state index contributed by atoms with van der Waals surface area (Å²) >= 11 is 0. The first kappa shape index (κ1) is 15.4. The van der Waals surface area contributed by atoms with Crippen molar-refractivity contribution < 1.29 is 19.5 Å². The molecule has 1 atom stereocenters. The number of hydrogen-bond acceptors (Lipinski definition) is 4. The molecule has 98 valence electrons. The van der Waals surface area contributed by atoms with Gasteiger partial charge in [-0.3, -0.25) is 9.59 Å². The maximum absolute atomic E-state index is 11.2. The molecule has 0 bridgehead atoms. The molecule has 0 aliphatic carbocycles. The normalized spacial score (nSPS) is 11.6. The maximum atomic E-state index is 11.2. The quantitative estimate of drug-likeness (QED) is 0.429. The number of nitrogens with two attached hydrogens (primary N) is 1. The van der Waals surface area contributed by atoms with Crippen molar-refractivity contribution in [3.63, 3.8) is 0 Å². The maximum Gasteiger partial charge on any atom is 0.326 e. The highest BCUT2D eigenvalue weighted by molar-refractivity contribution is 5.84. The summed E-state index contributed by atoms with van der Waals surface area (Å²) in [5.74, 6) is -1.76. The fraction of sp³-hybridized carbons (Fsp3) is 0.700. The van der Waals surface area contributed by atoms with Crippen LogP contribution in [0.3, 0.4) is 0 Å². The van der Waals surface area contributed by atoms with Gasteiger partial charge in [0, 0.05) is 25.9 Å². The molecule has 0 saturated heterocycles. The van der Waals surface area contributed by atoms with E-state index in [0.29, 0.717) is 13.1 Å². The second-order valence-corrected chi connectivity index (χ2v) is 3.49. The molecule has 0 aromatic rings. The van der Waals surface area contributed by atoms with Crippen LogP contribution in [0.15, 0.2) is 0 Å². The summed E-state index contributed by atoms with van der Waals surface area (Å²) in [6, 6.07) is -1.02. The van der Waals surface area contributed by atoms with Gasteiger partial charge in [0.05, 0.1) is 0 Å². The lowest BCUT2D eigenvalue weighted by Gasteiger charge is -2.13. The summed E-state index contributed by atoms with van der Waals surface area (Å²) in [6.07, 6.45) is 0.321. The summed E-state index contributed by atoms with van der Waals surface area (Å²) < 4.78 is 0. The minimum Gasteiger partial charge on any atom is -0.480 e. The van der Waals surface area contributed by atoms with Crippen molar-refractivity contribution in [3.8, 4) is 0 Å². The zero-order valence-corrected chi connectivity index (χ0v) is 9.86. The van der Waals surface area contributed by atoms with Gasteiger partial charge in [-0.2, -0.15) is 0 Å². The number of rotatable bonds is 8. The van der Waals surface area contributed by atoms with Crippen LogP contribution in [-0.4, -0.2) is 42.0 Å². The molecular weight excluding hydrogens is 226 g/mol. The number of hydrogen-bond donors (Lipinski definition) is 4. The molecular formula is C10H19N3O4. The van der Waals surface area contributed by atoms with Gasteiger partial charge in [-0.25, -0.2) is 4.79 Å². The first-order valence-electron chi connectivity index (χ1n) is 5.50. The molecule has 0 aromatic carbocycles. The van der Waals surface area contributed by atoms with Crippen LogP contribution in [0.5, 0.6) is 0 Å². The lowest BCUT2D eigenvalue weighted by molar-refractivity contribution is -0.142. The Bertz CT molecular complexity index is 281. The van der Waals surface area contributed by atoms with Gasteiger partial charge in [-0.05, 0) is 6.42 Å². The molecule has 0 unspecified atom stereocenters. The van der Waals surface area contributed by atoms with Crippen molar-refractivity contribution in [1.29, 1.82) is 0 Å². The first-order chi connectivity index (χ1) is 8.01. The highest BCUT2D eigenvalue weighted by Crippen LogP contribution is 1.98. The first-order valence-corrected chi connectivity index (χ1v) is 5.50. The summed E-state index contributed by atoms with van der Waals surface area (Å²) in [5.41, 5.74) is 5.20. The number of carbonyl (C=O) groups excluding carboxylic acids is 2. The van der Waals surface area contributed by atoms with Crippen molar-refractivity contribution in [2.45, 2.75) is 32.2 Å². The van der Waals surface area contributed by atoms with Gasteiger partial charge in [0.1, 0.15) is 6.04 Å². The number of amides is 2. The Hall–Kier alpha value is -1.63. The Morgan fingerprint density at radius 3 is 2.41 bits per heavy atom. The van der Waals surface area contributed by atoms with Crippen molar-refractivity contribution >= 4 is 17.8 Å². The number of aliphatic carboxylic acids is 1. The minimum absolute atomic E-state index is 0.0426. The van der Waals surface area contributed by atoms with Gasteiger partial charge in [-0.15, -0.1) is 0 Å². The van der Waals surface area contributed by atoms with E-state index in [-0.39, 0.29) is 31.1 Å². The third-order valence-electron chi connectivity index (χ3n) is 2.08. The number of carboxylic acids is 1. The molecule has 0 saturated carbocycles. The van der Waals surface area contributed by atoms with E-state index < -0.39 is 12.0 Å². The van der Waals surface area contributed by atoms with Crippen molar-refractivity contribution in [2.24, 2.45) is 5.73 Å². The molecule has 5 N–H and O–H groups in total. The van der Waals surface area contributed by atoms with E-state index >= 15 is 0 Å². The summed E-state index contributed by atoms with van der Waals surface area (Å²) in [6.45, 7) is 2.32. The zero-order valence-electron chi connectivity index (χ0n) is 9.86. The average molecular weight is 245 g/mol. The minimum atomic E-state index is -1.14. The van der Waals surface area contributed by atoms with Gasteiger partial charge in [-0.1, -0.05) is 6.92 Å². The van der Waals surface area contributed by atoms with Crippen LogP contribution >= 0.6 is 0 Å². The predicted octanol–water partition coefficient (Wildman–Crippen LogP) is -1.18. The fourth-order valence-corrected chi connectivity index (χ4v) is 1.13. The Balaban J connectivity index is 4.05. The Labute approximate surface area is 99.7 Å². The van der Waals surface area contributed by atoms with E-state index in [0.717, 1.165) is 0 Å². The Morgan fingerprint density at radius 1 is 1.29 bits per heavy atom. The third kappa shape index (κ3) is 7.29. The highest BCUT2D eigenvalue weighted by atomic mass is 16.4. The van der Waals surface area contributed by atoms with Crippen LogP contribution in [-0.2, 0) is 14.4 Å². The second-order valence-electron chi connectivity index (χ2n) is 3.49. The molecule has 0 aromatic heterocycles. The van der Waals surface area contributed by atoms with Crippen LogP contribution in [0.25, 0.3) is 0 Å². The smallest absolute Gasteiger partial charge is 0.326 e. The topological polar surface area (TPSA) is 122 Å². The highest BCUT2D eigenvalue weighted by Gasteiger charge is 2.19. The number of nitrogens with one attached hydrogen (secondary N) is 2. The van der Waals surface area contributed by atoms with E-state index in [1.807, 2.05) is 0 Å². The van der Waals surface area contributed by atoms with Gasteiger partial charge in [0.2, 0.25) is 11.8 Å². The molecule has 2 amide bonds.